The third-order valence-corrected chi connectivity index (χ3v) is 7.89. The number of nitrogens with one attached hydrogen (secondary N) is 1. The summed E-state index contributed by atoms with van der Waals surface area (Å²) in [5.74, 6) is -7.52. The Hall–Kier alpha value is -4.02. The molecule has 5 atom stereocenters. The Balaban J connectivity index is 1.83. The summed E-state index contributed by atoms with van der Waals surface area (Å²) < 4.78 is 15.4. The lowest BCUT2D eigenvalue weighted by Crippen LogP contribution is -2.67. The molecule has 5 rings (SSSR count). The standard InChI is InChI=1S/C27H26FN3O6/c1-31(2)21-13-10-12-16(11-6-4-3-5-7-11)18-14(28)8-9-15(32)19(18)22(33)17(12)25(35)27(13,37)24(29)20(23(21)34)26(30)36/h3-9,12-13,16,21,29,32-34,37H,10H2,1-2H3,(H2,30,36)/t12-,13+,16-,21+,27-/m1/s1. The number of aliphatic hydroxyl groups is 3. The average Bonchev–Trinajstić information content (AvgIpc) is 2.83. The summed E-state index contributed by atoms with van der Waals surface area (Å²) in [4.78, 5) is 27.8. The first-order valence-corrected chi connectivity index (χ1v) is 11.7. The number of phenols is 1. The zero-order valence-corrected chi connectivity index (χ0v) is 20.1. The van der Waals surface area contributed by atoms with E-state index in [0.717, 1.165) is 12.1 Å². The van der Waals surface area contributed by atoms with E-state index in [-0.39, 0.29) is 23.1 Å². The van der Waals surface area contributed by atoms with Crippen LogP contribution < -0.4 is 5.73 Å². The fourth-order valence-electron chi connectivity index (χ4n) is 6.39. The van der Waals surface area contributed by atoms with Crippen LogP contribution in [0.2, 0.25) is 0 Å². The van der Waals surface area contributed by atoms with Crippen molar-refractivity contribution in [3.05, 3.63) is 81.9 Å². The number of ketones is 1. The number of aromatic hydroxyl groups is 1. The minimum absolute atomic E-state index is 0.000526. The van der Waals surface area contributed by atoms with Crippen molar-refractivity contribution in [3.63, 3.8) is 0 Å². The molecule has 2 aromatic carbocycles. The van der Waals surface area contributed by atoms with E-state index in [9.17, 15) is 30.0 Å². The van der Waals surface area contributed by atoms with Gasteiger partial charge >= 0.3 is 0 Å². The molecule has 7 N–H and O–H groups in total. The summed E-state index contributed by atoms with van der Waals surface area (Å²) in [6, 6.07) is 9.77. The van der Waals surface area contributed by atoms with Crippen molar-refractivity contribution in [3.8, 4) is 5.75 Å². The van der Waals surface area contributed by atoms with Crippen LogP contribution in [-0.4, -0.2) is 68.5 Å². The van der Waals surface area contributed by atoms with Crippen molar-refractivity contribution in [2.75, 3.05) is 14.1 Å². The average molecular weight is 508 g/mol. The van der Waals surface area contributed by atoms with Crippen LogP contribution in [0.3, 0.4) is 0 Å². The molecule has 0 aromatic heterocycles. The van der Waals surface area contributed by atoms with E-state index in [0.29, 0.717) is 5.56 Å². The quantitative estimate of drug-likeness (QED) is 0.370. The molecule has 0 saturated heterocycles. The lowest BCUT2D eigenvalue weighted by Gasteiger charge is -2.52. The molecule has 37 heavy (non-hydrogen) atoms. The smallest absolute Gasteiger partial charge is 0.254 e. The van der Waals surface area contributed by atoms with E-state index in [4.69, 9.17) is 11.1 Å². The van der Waals surface area contributed by atoms with Crippen molar-refractivity contribution >= 4 is 23.2 Å². The number of halogens is 1. The van der Waals surface area contributed by atoms with Crippen molar-refractivity contribution in [1.82, 2.24) is 4.90 Å². The Morgan fingerprint density at radius 3 is 2.38 bits per heavy atom. The number of likely N-dealkylation sites (N-methyl/N-ethyl adjacent to an activating group) is 1. The van der Waals surface area contributed by atoms with Gasteiger partial charge in [0.25, 0.3) is 5.91 Å². The van der Waals surface area contributed by atoms with Gasteiger partial charge in [0.05, 0.1) is 17.3 Å². The van der Waals surface area contributed by atoms with Crippen molar-refractivity contribution in [2.45, 2.75) is 24.0 Å². The maximum Gasteiger partial charge on any atom is 0.254 e. The second-order valence-corrected chi connectivity index (χ2v) is 9.96. The molecule has 0 spiro atoms. The number of rotatable bonds is 3. The summed E-state index contributed by atoms with van der Waals surface area (Å²) in [7, 11) is 3.15. The first-order valence-electron chi connectivity index (χ1n) is 11.7. The highest BCUT2D eigenvalue weighted by atomic mass is 19.1. The number of hydrogen-bond donors (Lipinski definition) is 6. The second kappa shape index (κ2) is 8.25. The molecular formula is C27H26FN3O6. The first kappa shape index (κ1) is 24.7. The molecule has 3 aliphatic rings. The Bertz CT molecular complexity index is 1430. The number of phenolic OH excluding ortho intramolecular Hbond substituents is 1. The second-order valence-electron chi connectivity index (χ2n) is 9.96. The molecule has 0 aliphatic heterocycles. The maximum atomic E-state index is 15.4. The molecule has 0 heterocycles. The highest BCUT2D eigenvalue weighted by Gasteiger charge is 2.64. The molecule has 0 radical (unpaired) electrons. The molecule has 9 nitrogen and oxygen atoms in total. The van der Waals surface area contributed by atoms with E-state index in [2.05, 4.69) is 0 Å². The molecule has 1 amide bonds. The van der Waals surface area contributed by atoms with E-state index < -0.39 is 75.5 Å². The van der Waals surface area contributed by atoms with Crippen molar-refractivity contribution in [1.29, 1.82) is 5.41 Å². The molecule has 1 saturated carbocycles. The summed E-state index contributed by atoms with van der Waals surface area (Å²) in [6.45, 7) is 0. The highest BCUT2D eigenvalue weighted by molar-refractivity contribution is 6.34. The number of Topliss-reactive ketones (excluding diaryl/α,β-unsaturated/α-hetero) is 1. The highest BCUT2D eigenvalue weighted by Crippen LogP contribution is 2.57. The number of fused-ring (bicyclic) bond motifs is 3. The zero-order valence-electron chi connectivity index (χ0n) is 20.1. The van der Waals surface area contributed by atoms with Gasteiger partial charge in [-0.3, -0.25) is 14.5 Å². The molecule has 0 bridgehead atoms. The number of amides is 1. The lowest BCUT2D eigenvalue weighted by molar-refractivity contribution is -0.139. The van der Waals surface area contributed by atoms with E-state index in [1.807, 2.05) is 0 Å². The van der Waals surface area contributed by atoms with Gasteiger partial charge in [-0.05, 0) is 38.2 Å². The van der Waals surface area contributed by atoms with Crippen LogP contribution in [0.4, 0.5) is 4.39 Å². The molecule has 1 fully saturated rings. The van der Waals surface area contributed by atoms with Crippen LogP contribution in [0.25, 0.3) is 5.76 Å². The number of nitrogens with two attached hydrogens (primary N) is 1. The monoisotopic (exact) mass is 507 g/mol. The van der Waals surface area contributed by atoms with E-state index in [1.165, 1.54) is 4.90 Å². The lowest BCUT2D eigenvalue weighted by atomic mass is 9.54. The number of aliphatic hydroxyl groups excluding tert-OH is 2. The van der Waals surface area contributed by atoms with Gasteiger partial charge in [-0.15, -0.1) is 0 Å². The maximum absolute atomic E-state index is 15.4. The summed E-state index contributed by atoms with van der Waals surface area (Å²) >= 11 is 0. The normalized spacial score (nSPS) is 29.2. The third-order valence-electron chi connectivity index (χ3n) is 7.89. The fourth-order valence-corrected chi connectivity index (χ4v) is 6.39. The molecule has 3 aliphatic carbocycles. The van der Waals surface area contributed by atoms with Crippen molar-refractivity contribution < 1.29 is 34.4 Å². The van der Waals surface area contributed by atoms with Gasteiger partial charge in [-0.2, -0.15) is 0 Å². The molecule has 192 valence electrons. The summed E-state index contributed by atoms with van der Waals surface area (Å²) in [6.07, 6.45) is -0.0724. The molecule has 10 heteroatoms. The Labute approximate surface area is 211 Å². The SMILES string of the molecule is CN(C)[C@@H]1C(O)=C(C(N)=O)C(=N)[C@@]2(O)C(=O)C3=C(O)c4c(O)ccc(F)c4[C@H](c4ccccc4)[C@H]3C[C@@H]12. The van der Waals surface area contributed by atoms with Crippen LogP contribution in [-0.2, 0) is 9.59 Å². The van der Waals surface area contributed by atoms with Crippen LogP contribution in [0.5, 0.6) is 5.75 Å². The van der Waals surface area contributed by atoms with Crippen LogP contribution in [0.15, 0.2) is 59.4 Å². The Morgan fingerprint density at radius 2 is 1.78 bits per heavy atom. The third kappa shape index (κ3) is 3.19. The number of carbonyl (C=O) groups excluding carboxylic acids is 2. The Morgan fingerprint density at radius 1 is 1.14 bits per heavy atom. The Kier molecular flexibility index (Phi) is 5.50. The van der Waals surface area contributed by atoms with Gasteiger partial charge in [-0.25, -0.2) is 4.39 Å². The van der Waals surface area contributed by atoms with Gasteiger partial charge in [-0.1, -0.05) is 30.3 Å². The number of nitrogens with zero attached hydrogens (tertiary/aromatic N) is 1. The number of benzene rings is 2. The minimum Gasteiger partial charge on any atom is -0.510 e. The molecule has 2 aromatic rings. The summed E-state index contributed by atoms with van der Waals surface area (Å²) in [5, 5.41) is 53.3. The zero-order chi connectivity index (χ0) is 27.0. The first-order chi connectivity index (χ1) is 17.4. The molecule has 0 unspecified atom stereocenters. The van der Waals surface area contributed by atoms with Gasteiger partial charge in [0.1, 0.15) is 28.7 Å². The summed E-state index contributed by atoms with van der Waals surface area (Å²) in [5.41, 5.74) is 1.31. The van der Waals surface area contributed by atoms with Gasteiger partial charge in [0, 0.05) is 28.9 Å². The largest absolute Gasteiger partial charge is 0.510 e. The van der Waals surface area contributed by atoms with Crippen molar-refractivity contribution in [2.24, 2.45) is 17.6 Å². The van der Waals surface area contributed by atoms with Gasteiger partial charge in [0.15, 0.2) is 5.60 Å². The minimum atomic E-state index is -2.62. The van der Waals surface area contributed by atoms with Crippen LogP contribution >= 0.6 is 0 Å². The topological polar surface area (TPSA) is 168 Å². The number of primary amides is 1. The van der Waals surface area contributed by atoms with Crippen LogP contribution in [0, 0.1) is 23.1 Å². The van der Waals surface area contributed by atoms with Gasteiger partial charge in [0.2, 0.25) is 5.78 Å². The predicted molar refractivity (Wildman–Crippen MR) is 132 cm³/mol. The van der Waals surface area contributed by atoms with Gasteiger partial charge < -0.3 is 31.6 Å². The number of carbonyl (C=O) groups is 2. The van der Waals surface area contributed by atoms with Crippen LogP contribution in [0.1, 0.15) is 29.0 Å². The fraction of sp³-hybridized carbons (Fsp3) is 0.296. The molecular weight excluding hydrogens is 481 g/mol. The number of hydrogen-bond acceptors (Lipinski definition) is 8. The van der Waals surface area contributed by atoms with E-state index in [1.54, 1.807) is 44.4 Å². The van der Waals surface area contributed by atoms with E-state index >= 15 is 4.39 Å². The predicted octanol–water partition coefficient (Wildman–Crippen LogP) is 2.14.